The maximum Gasteiger partial charge on any atom is 1.00 e. The van der Waals surface area contributed by atoms with E-state index in [2.05, 4.69) is 19.2 Å². The molecule has 1 N–H and O–H groups in total. The third kappa shape index (κ3) is 9.47. The van der Waals surface area contributed by atoms with Gasteiger partial charge < -0.3 is 9.87 Å². The van der Waals surface area contributed by atoms with Crippen LogP contribution in [0.4, 0.5) is 0 Å². The van der Waals surface area contributed by atoms with Gasteiger partial charge in [-0.2, -0.15) is 0 Å². The molecule has 1 atom stereocenters. The van der Waals surface area contributed by atoms with Gasteiger partial charge in [0.2, 0.25) is 5.91 Å². The number of carbonyl (C=O) groups is 1. The first kappa shape index (κ1) is 22.6. The fraction of sp³-hybridized carbons (Fsp3) is 0.562. The molecule has 1 aromatic carbocycles. The minimum Gasteiger partial charge on any atom is -0.748 e. The summed E-state index contributed by atoms with van der Waals surface area (Å²) in [6.07, 6.45) is 1.14. The van der Waals surface area contributed by atoms with Gasteiger partial charge in [0.15, 0.2) is 0 Å². The summed E-state index contributed by atoms with van der Waals surface area (Å²) in [6, 6.07) is 7.96. The Bertz CT molecular complexity index is 585. The first-order valence-electron chi connectivity index (χ1n) is 7.49. The van der Waals surface area contributed by atoms with Gasteiger partial charge >= 0.3 is 29.6 Å². The van der Waals surface area contributed by atoms with Crippen LogP contribution < -0.4 is 34.9 Å². The quantitative estimate of drug-likeness (QED) is 0.372. The van der Waals surface area contributed by atoms with Gasteiger partial charge in [0.25, 0.3) is 0 Å². The molecule has 0 aliphatic rings. The van der Waals surface area contributed by atoms with E-state index in [9.17, 15) is 17.8 Å². The Morgan fingerprint density at radius 1 is 1.17 bits per heavy atom. The van der Waals surface area contributed by atoms with Gasteiger partial charge in [0.1, 0.15) is 0 Å². The van der Waals surface area contributed by atoms with E-state index in [0.717, 1.165) is 12.0 Å². The fourth-order valence-electron chi connectivity index (χ4n) is 2.18. The van der Waals surface area contributed by atoms with E-state index in [-0.39, 0.29) is 54.3 Å². The predicted molar refractivity (Wildman–Crippen MR) is 85.6 cm³/mol. The summed E-state index contributed by atoms with van der Waals surface area (Å²) in [5, 5.41) is 2.66. The standard InChI is InChI=1S/C16H25NO4S.Na/c1-12(2)11-14-5-7-15(8-6-14)13(3)16(18)17-9-4-10-22(19,20)21;/h5-8,12-13H,4,9-11H2,1-3H3,(H,17,18)(H,19,20,21);/q;+1/p-1. The summed E-state index contributed by atoms with van der Waals surface area (Å²) in [7, 11) is -4.21. The third-order valence-electron chi connectivity index (χ3n) is 3.39. The molecule has 0 aliphatic carbocycles. The van der Waals surface area contributed by atoms with Crippen LogP contribution in [0.2, 0.25) is 0 Å². The normalized spacial score (nSPS) is 12.6. The molecule has 5 nitrogen and oxygen atoms in total. The second kappa shape index (κ2) is 10.5. The Morgan fingerprint density at radius 2 is 1.74 bits per heavy atom. The zero-order chi connectivity index (χ0) is 16.8. The van der Waals surface area contributed by atoms with Gasteiger partial charge in [-0.05, 0) is 36.8 Å². The van der Waals surface area contributed by atoms with Crippen LogP contribution in [0.1, 0.15) is 44.2 Å². The Kier molecular flexibility index (Phi) is 10.3. The van der Waals surface area contributed by atoms with Crippen molar-refractivity contribution in [1.29, 1.82) is 0 Å². The molecular formula is C16H24NNaO4S. The molecule has 0 saturated carbocycles. The minimum atomic E-state index is -4.21. The van der Waals surface area contributed by atoms with Crippen molar-refractivity contribution in [2.24, 2.45) is 5.92 Å². The summed E-state index contributed by atoms with van der Waals surface area (Å²) >= 11 is 0. The molecule has 1 aromatic rings. The average Bonchev–Trinajstić information content (AvgIpc) is 2.41. The topological polar surface area (TPSA) is 86.3 Å². The van der Waals surface area contributed by atoms with E-state index in [1.54, 1.807) is 6.92 Å². The Balaban J connectivity index is 0.00000484. The third-order valence-corrected chi connectivity index (χ3v) is 4.18. The van der Waals surface area contributed by atoms with Crippen molar-refractivity contribution in [3.63, 3.8) is 0 Å². The van der Waals surface area contributed by atoms with Gasteiger partial charge in [-0.1, -0.05) is 38.1 Å². The van der Waals surface area contributed by atoms with E-state index >= 15 is 0 Å². The first-order valence-corrected chi connectivity index (χ1v) is 9.07. The molecule has 0 heterocycles. The van der Waals surface area contributed by atoms with Crippen molar-refractivity contribution in [1.82, 2.24) is 5.32 Å². The second-order valence-corrected chi connectivity index (χ2v) is 7.49. The molecule has 0 aromatic heterocycles. The van der Waals surface area contributed by atoms with Crippen LogP contribution in [0.3, 0.4) is 0 Å². The molecule has 0 bridgehead atoms. The van der Waals surface area contributed by atoms with Gasteiger partial charge in [-0.15, -0.1) is 0 Å². The average molecular weight is 349 g/mol. The molecule has 124 valence electrons. The number of benzene rings is 1. The van der Waals surface area contributed by atoms with Crippen molar-refractivity contribution in [2.45, 2.75) is 39.5 Å². The maximum atomic E-state index is 12.0. The molecule has 1 rings (SSSR count). The number of carbonyl (C=O) groups excluding carboxylic acids is 1. The zero-order valence-electron chi connectivity index (χ0n) is 14.3. The van der Waals surface area contributed by atoms with Crippen LogP contribution in [0.25, 0.3) is 0 Å². The van der Waals surface area contributed by atoms with Gasteiger partial charge in [-0.3, -0.25) is 4.79 Å². The molecule has 0 radical (unpaired) electrons. The van der Waals surface area contributed by atoms with Gasteiger partial charge in [0, 0.05) is 12.3 Å². The van der Waals surface area contributed by atoms with Crippen LogP contribution in [-0.4, -0.2) is 31.2 Å². The molecule has 0 saturated heterocycles. The Labute approximate surface area is 161 Å². The SMILES string of the molecule is CC(C)Cc1ccc(C(C)C(=O)NCCCS(=O)(=O)[O-])cc1.[Na+]. The summed E-state index contributed by atoms with van der Waals surface area (Å²) in [6.45, 7) is 6.31. The molecule has 0 aliphatic heterocycles. The van der Waals surface area contributed by atoms with Crippen LogP contribution in [0, 0.1) is 5.92 Å². The first-order chi connectivity index (χ1) is 10.2. The van der Waals surface area contributed by atoms with E-state index in [4.69, 9.17) is 0 Å². The van der Waals surface area contributed by atoms with Crippen molar-refractivity contribution in [3.8, 4) is 0 Å². The molecule has 23 heavy (non-hydrogen) atoms. The largest absolute Gasteiger partial charge is 1.00 e. The monoisotopic (exact) mass is 349 g/mol. The smallest absolute Gasteiger partial charge is 0.748 e. The zero-order valence-corrected chi connectivity index (χ0v) is 17.2. The Hall–Kier alpha value is -0.400. The van der Waals surface area contributed by atoms with E-state index in [0.29, 0.717) is 5.92 Å². The molecule has 1 amide bonds. The predicted octanol–water partition coefficient (Wildman–Crippen LogP) is -0.956. The van der Waals surface area contributed by atoms with E-state index < -0.39 is 15.9 Å². The summed E-state index contributed by atoms with van der Waals surface area (Å²) in [5.41, 5.74) is 2.16. The number of hydrogen-bond acceptors (Lipinski definition) is 4. The number of amides is 1. The van der Waals surface area contributed by atoms with Crippen molar-refractivity contribution >= 4 is 16.0 Å². The fourth-order valence-corrected chi connectivity index (χ4v) is 2.68. The van der Waals surface area contributed by atoms with Gasteiger partial charge in [0.05, 0.1) is 16.0 Å². The van der Waals surface area contributed by atoms with Crippen molar-refractivity contribution < 1.29 is 47.3 Å². The summed E-state index contributed by atoms with van der Waals surface area (Å²) < 4.78 is 31.4. The van der Waals surface area contributed by atoms with Crippen LogP contribution in [0.5, 0.6) is 0 Å². The second-order valence-electron chi connectivity index (χ2n) is 5.97. The number of rotatable bonds is 8. The molecule has 7 heteroatoms. The van der Waals surface area contributed by atoms with Gasteiger partial charge in [-0.25, -0.2) is 8.42 Å². The van der Waals surface area contributed by atoms with E-state index in [1.165, 1.54) is 5.56 Å². The van der Waals surface area contributed by atoms with Crippen LogP contribution >= 0.6 is 0 Å². The molecule has 1 unspecified atom stereocenters. The summed E-state index contributed by atoms with van der Waals surface area (Å²) in [4.78, 5) is 12.0. The van der Waals surface area contributed by atoms with Crippen LogP contribution in [-0.2, 0) is 21.3 Å². The van der Waals surface area contributed by atoms with E-state index in [1.807, 2.05) is 24.3 Å². The Morgan fingerprint density at radius 3 is 2.22 bits per heavy atom. The van der Waals surface area contributed by atoms with Crippen molar-refractivity contribution in [2.75, 3.05) is 12.3 Å². The summed E-state index contributed by atoms with van der Waals surface area (Å²) in [5.74, 6) is -0.341. The maximum absolute atomic E-state index is 12.0. The number of nitrogens with one attached hydrogen (secondary N) is 1. The molecule has 0 fully saturated rings. The van der Waals surface area contributed by atoms with Crippen molar-refractivity contribution in [3.05, 3.63) is 35.4 Å². The molecular weight excluding hydrogens is 325 g/mol. The van der Waals surface area contributed by atoms with Crippen LogP contribution in [0.15, 0.2) is 24.3 Å². The molecule has 0 spiro atoms. The number of hydrogen-bond donors (Lipinski definition) is 1. The minimum absolute atomic E-state index is 0.